The van der Waals surface area contributed by atoms with Crippen LogP contribution in [-0.4, -0.2) is 6.54 Å². The summed E-state index contributed by atoms with van der Waals surface area (Å²) < 4.78 is 13.3. The fourth-order valence-corrected chi connectivity index (χ4v) is 1.72. The lowest BCUT2D eigenvalue weighted by molar-refractivity contribution is 0.619. The first kappa shape index (κ1) is 9.25. The number of anilines is 1. The van der Waals surface area contributed by atoms with Crippen LogP contribution >= 0.6 is 0 Å². The van der Waals surface area contributed by atoms with Gasteiger partial charge in [0, 0.05) is 17.8 Å². The van der Waals surface area contributed by atoms with Crippen molar-refractivity contribution in [1.29, 1.82) is 0 Å². The van der Waals surface area contributed by atoms with Crippen LogP contribution in [0.1, 0.15) is 24.0 Å². The Morgan fingerprint density at radius 3 is 3.07 bits per heavy atom. The zero-order chi connectivity index (χ0) is 9.97. The first-order valence-corrected chi connectivity index (χ1v) is 4.98. The molecule has 1 aliphatic heterocycles. The van der Waals surface area contributed by atoms with Gasteiger partial charge in [-0.15, -0.1) is 0 Å². The monoisotopic (exact) mass is 191 g/mol. The average Bonchev–Trinajstić information content (AvgIpc) is 2.13. The number of fused-ring (bicyclic) bond motifs is 1. The summed E-state index contributed by atoms with van der Waals surface area (Å²) in [5.41, 5.74) is 2.75. The van der Waals surface area contributed by atoms with Crippen LogP contribution in [0.15, 0.2) is 18.2 Å². The lowest BCUT2D eigenvalue weighted by atomic mass is 10.0. The van der Waals surface area contributed by atoms with Gasteiger partial charge in [-0.05, 0) is 37.5 Å². The Labute approximate surface area is 83.6 Å². The Morgan fingerprint density at radius 2 is 2.21 bits per heavy atom. The van der Waals surface area contributed by atoms with Crippen LogP contribution in [0.25, 0.3) is 6.08 Å². The Kier molecular flexibility index (Phi) is 2.53. The van der Waals surface area contributed by atoms with E-state index >= 15 is 0 Å². The van der Waals surface area contributed by atoms with E-state index in [0.717, 1.165) is 30.6 Å². The second-order valence-corrected chi connectivity index (χ2v) is 3.61. The van der Waals surface area contributed by atoms with Crippen LogP contribution in [0.5, 0.6) is 0 Å². The summed E-state index contributed by atoms with van der Waals surface area (Å²) in [6, 6.07) is 3.36. The van der Waals surface area contributed by atoms with Crippen molar-refractivity contribution in [1.82, 2.24) is 0 Å². The second kappa shape index (κ2) is 3.82. The molecule has 0 radical (unpaired) electrons. The maximum atomic E-state index is 13.3. The molecule has 74 valence electrons. The lowest BCUT2D eigenvalue weighted by Gasteiger charge is -2.15. The quantitative estimate of drug-likeness (QED) is 0.663. The molecule has 0 saturated carbocycles. The molecular weight excluding hydrogens is 177 g/mol. The fraction of sp³-hybridized carbons (Fsp3) is 0.333. The van der Waals surface area contributed by atoms with Crippen LogP contribution < -0.4 is 5.32 Å². The van der Waals surface area contributed by atoms with Gasteiger partial charge in [-0.25, -0.2) is 4.39 Å². The van der Waals surface area contributed by atoms with Crippen molar-refractivity contribution in [2.45, 2.75) is 19.8 Å². The molecule has 1 aliphatic rings. The Morgan fingerprint density at radius 1 is 1.36 bits per heavy atom. The molecule has 0 spiro atoms. The normalized spacial score (nSPS) is 17.6. The van der Waals surface area contributed by atoms with Crippen molar-refractivity contribution in [3.05, 3.63) is 35.2 Å². The van der Waals surface area contributed by atoms with Crippen molar-refractivity contribution in [2.75, 3.05) is 11.9 Å². The molecule has 0 fully saturated rings. The van der Waals surface area contributed by atoms with E-state index in [2.05, 4.69) is 17.5 Å². The molecule has 0 amide bonds. The summed E-state index contributed by atoms with van der Waals surface area (Å²) in [5.74, 6) is -0.134. The Hall–Kier alpha value is -1.31. The number of rotatable bonds is 0. The molecule has 1 heterocycles. The number of halogens is 1. The molecule has 0 aliphatic carbocycles. The molecule has 1 N–H and O–H groups in total. The van der Waals surface area contributed by atoms with Gasteiger partial charge < -0.3 is 5.32 Å². The highest BCUT2D eigenvalue weighted by Gasteiger charge is 2.08. The zero-order valence-electron chi connectivity index (χ0n) is 8.31. The van der Waals surface area contributed by atoms with Crippen LogP contribution in [0, 0.1) is 12.7 Å². The molecule has 1 aromatic rings. The summed E-state index contributed by atoms with van der Waals surface area (Å²) in [4.78, 5) is 0. The minimum absolute atomic E-state index is 0.134. The Bertz CT molecular complexity index is 369. The average molecular weight is 191 g/mol. The van der Waals surface area contributed by atoms with Gasteiger partial charge in [-0.3, -0.25) is 0 Å². The molecule has 1 aromatic carbocycles. The number of nitrogens with one attached hydrogen (secondary N) is 1. The highest BCUT2D eigenvalue weighted by atomic mass is 19.1. The molecular formula is C12H14FN. The van der Waals surface area contributed by atoms with E-state index in [9.17, 15) is 4.39 Å². The van der Waals surface area contributed by atoms with E-state index in [1.807, 2.05) is 13.0 Å². The summed E-state index contributed by atoms with van der Waals surface area (Å²) in [6.45, 7) is 2.73. The van der Waals surface area contributed by atoms with Gasteiger partial charge in [-0.1, -0.05) is 12.2 Å². The maximum absolute atomic E-state index is 13.3. The van der Waals surface area contributed by atoms with Crippen LogP contribution in [-0.2, 0) is 0 Å². The molecule has 2 rings (SSSR count). The first-order chi connectivity index (χ1) is 6.79. The summed E-state index contributed by atoms with van der Waals surface area (Å²) in [7, 11) is 0. The van der Waals surface area contributed by atoms with Crippen molar-refractivity contribution in [3.63, 3.8) is 0 Å². The van der Waals surface area contributed by atoms with Gasteiger partial charge in [0.1, 0.15) is 5.82 Å². The first-order valence-electron chi connectivity index (χ1n) is 4.98. The van der Waals surface area contributed by atoms with Gasteiger partial charge in [0.2, 0.25) is 0 Å². The van der Waals surface area contributed by atoms with Crippen molar-refractivity contribution in [2.24, 2.45) is 0 Å². The smallest absolute Gasteiger partial charge is 0.128 e. The molecule has 0 saturated heterocycles. The zero-order valence-corrected chi connectivity index (χ0v) is 8.31. The molecule has 0 aromatic heterocycles. The highest BCUT2D eigenvalue weighted by Crippen LogP contribution is 2.25. The number of hydrogen-bond acceptors (Lipinski definition) is 1. The third-order valence-corrected chi connectivity index (χ3v) is 2.58. The molecule has 0 atom stereocenters. The third kappa shape index (κ3) is 1.65. The molecule has 2 heteroatoms. The van der Waals surface area contributed by atoms with Crippen LogP contribution in [0.3, 0.4) is 0 Å². The second-order valence-electron chi connectivity index (χ2n) is 3.61. The predicted molar refractivity (Wildman–Crippen MR) is 57.9 cm³/mol. The molecule has 0 bridgehead atoms. The van der Waals surface area contributed by atoms with E-state index < -0.39 is 0 Å². The minimum Gasteiger partial charge on any atom is -0.384 e. The number of benzene rings is 1. The summed E-state index contributed by atoms with van der Waals surface area (Å²) in [5, 5.41) is 3.28. The van der Waals surface area contributed by atoms with Gasteiger partial charge in [0.25, 0.3) is 0 Å². The standard InChI is InChI=1S/C12H14FN/c1-9-11(13)7-6-10-5-3-2-4-8-14-12(9)10/h3,5-7,14H,2,4,8H2,1H3/b5-3+. The van der Waals surface area contributed by atoms with Crippen molar-refractivity contribution >= 4 is 11.8 Å². The SMILES string of the molecule is Cc1c(F)ccc2c1NCCC/C=C/2. The summed E-state index contributed by atoms with van der Waals surface area (Å²) >= 11 is 0. The third-order valence-electron chi connectivity index (χ3n) is 2.58. The fourth-order valence-electron chi connectivity index (χ4n) is 1.72. The van der Waals surface area contributed by atoms with Gasteiger partial charge in [0.05, 0.1) is 0 Å². The molecule has 0 unspecified atom stereocenters. The molecule has 1 nitrogen and oxygen atoms in total. The van der Waals surface area contributed by atoms with Crippen LogP contribution in [0.4, 0.5) is 10.1 Å². The Balaban J connectivity index is 2.50. The van der Waals surface area contributed by atoms with Gasteiger partial charge in [0.15, 0.2) is 0 Å². The topological polar surface area (TPSA) is 12.0 Å². The van der Waals surface area contributed by atoms with Gasteiger partial charge in [-0.2, -0.15) is 0 Å². The van der Waals surface area contributed by atoms with Crippen molar-refractivity contribution < 1.29 is 4.39 Å². The molecule has 14 heavy (non-hydrogen) atoms. The highest BCUT2D eigenvalue weighted by molar-refractivity contribution is 5.70. The number of allylic oxidation sites excluding steroid dienone is 1. The van der Waals surface area contributed by atoms with E-state index in [1.54, 1.807) is 0 Å². The predicted octanol–water partition coefficient (Wildman–Crippen LogP) is 3.35. The number of hydrogen-bond donors (Lipinski definition) is 1. The maximum Gasteiger partial charge on any atom is 0.128 e. The van der Waals surface area contributed by atoms with E-state index in [1.165, 1.54) is 6.07 Å². The minimum atomic E-state index is -0.134. The largest absolute Gasteiger partial charge is 0.384 e. The van der Waals surface area contributed by atoms with E-state index in [4.69, 9.17) is 0 Å². The van der Waals surface area contributed by atoms with E-state index in [-0.39, 0.29) is 5.82 Å². The van der Waals surface area contributed by atoms with E-state index in [0.29, 0.717) is 5.56 Å². The van der Waals surface area contributed by atoms with Gasteiger partial charge >= 0.3 is 0 Å². The van der Waals surface area contributed by atoms with Crippen LogP contribution in [0.2, 0.25) is 0 Å². The van der Waals surface area contributed by atoms with Crippen molar-refractivity contribution in [3.8, 4) is 0 Å². The summed E-state index contributed by atoms with van der Waals surface area (Å²) in [6.07, 6.45) is 6.40. The lowest BCUT2D eigenvalue weighted by Crippen LogP contribution is -2.06.